The molecule has 0 rings (SSSR count). The number of hydrogen-bond acceptors (Lipinski definition) is 3. The minimum atomic E-state index is -0.743. The predicted molar refractivity (Wildman–Crippen MR) is 85.1 cm³/mol. The van der Waals surface area contributed by atoms with Crippen molar-refractivity contribution in [3.05, 3.63) is 0 Å². The lowest BCUT2D eigenvalue weighted by atomic mass is 10.1. The van der Waals surface area contributed by atoms with E-state index in [0.29, 0.717) is 18.4 Å². The van der Waals surface area contributed by atoms with E-state index in [9.17, 15) is 9.90 Å². The average molecular weight is 286 g/mol. The highest BCUT2D eigenvalue weighted by Crippen LogP contribution is 2.13. The molecular weight excluding hydrogens is 252 g/mol. The van der Waals surface area contributed by atoms with Crippen molar-refractivity contribution in [2.24, 2.45) is 5.92 Å². The first-order valence-corrected chi connectivity index (χ1v) is 8.04. The van der Waals surface area contributed by atoms with Gasteiger partial charge >= 0.3 is 5.97 Å². The fraction of sp³-hybridized carbons (Fsp3) is 0.938. The minimum absolute atomic E-state index is 0.197. The average Bonchev–Trinajstić information content (AvgIpc) is 2.33. The number of rotatable bonds is 11. The first-order chi connectivity index (χ1) is 9.31. The van der Waals surface area contributed by atoms with Gasteiger partial charge in [0.1, 0.15) is 6.04 Å². The predicted octanol–water partition coefficient (Wildman–Crippen LogP) is 2.97. The van der Waals surface area contributed by atoms with Gasteiger partial charge < -0.3 is 15.3 Å². The van der Waals surface area contributed by atoms with E-state index in [1.54, 1.807) is 0 Å². The molecule has 0 amide bonds. The van der Waals surface area contributed by atoms with Gasteiger partial charge in [-0.25, -0.2) is 0 Å². The first kappa shape index (κ1) is 19.4. The van der Waals surface area contributed by atoms with Crippen LogP contribution in [0.25, 0.3) is 0 Å². The second-order valence-corrected chi connectivity index (χ2v) is 6.36. The standard InChI is InChI=1S/C16H34N2O2/c1-7-14(8-2)18(11-12(3)4)10-9-15(16(19)20)17-13(5)6/h12-15,17H,7-11H2,1-6H3,(H,19,20). The van der Waals surface area contributed by atoms with Gasteiger partial charge in [-0.2, -0.15) is 0 Å². The van der Waals surface area contributed by atoms with Crippen LogP contribution in [0.1, 0.15) is 60.8 Å². The van der Waals surface area contributed by atoms with Gasteiger partial charge in [0.15, 0.2) is 0 Å². The Bertz CT molecular complexity index is 263. The summed E-state index contributed by atoms with van der Waals surface area (Å²) in [7, 11) is 0. The van der Waals surface area contributed by atoms with Crippen molar-refractivity contribution >= 4 is 5.97 Å². The van der Waals surface area contributed by atoms with Crippen LogP contribution in [0.2, 0.25) is 0 Å². The van der Waals surface area contributed by atoms with Gasteiger partial charge in [0.25, 0.3) is 0 Å². The summed E-state index contributed by atoms with van der Waals surface area (Å²) in [5.41, 5.74) is 0. The molecule has 0 aliphatic heterocycles. The van der Waals surface area contributed by atoms with E-state index in [1.807, 2.05) is 13.8 Å². The van der Waals surface area contributed by atoms with E-state index >= 15 is 0 Å². The first-order valence-electron chi connectivity index (χ1n) is 8.04. The third kappa shape index (κ3) is 7.85. The van der Waals surface area contributed by atoms with Crippen molar-refractivity contribution in [3.8, 4) is 0 Å². The maximum Gasteiger partial charge on any atom is 0.320 e. The van der Waals surface area contributed by atoms with Crippen LogP contribution in [0.3, 0.4) is 0 Å². The van der Waals surface area contributed by atoms with Crippen molar-refractivity contribution in [1.29, 1.82) is 0 Å². The summed E-state index contributed by atoms with van der Waals surface area (Å²) in [5.74, 6) is -0.135. The number of carboxylic acid groups (broad SMARTS) is 1. The van der Waals surface area contributed by atoms with Crippen LogP contribution in [0.15, 0.2) is 0 Å². The van der Waals surface area contributed by atoms with E-state index < -0.39 is 12.0 Å². The Balaban J connectivity index is 4.58. The number of carbonyl (C=O) groups is 1. The zero-order valence-corrected chi connectivity index (χ0v) is 14.1. The molecule has 120 valence electrons. The smallest absolute Gasteiger partial charge is 0.320 e. The summed E-state index contributed by atoms with van der Waals surface area (Å²) in [6, 6.07) is 0.313. The van der Waals surface area contributed by atoms with Gasteiger partial charge in [0, 0.05) is 25.2 Å². The highest BCUT2D eigenvalue weighted by Gasteiger charge is 2.22. The summed E-state index contributed by atoms with van der Waals surface area (Å²) in [6.45, 7) is 14.7. The SMILES string of the molecule is CCC(CC)N(CCC(NC(C)C)C(=O)O)CC(C)C. The summed E-state index contributed by atoms with van der Waals surface area (Å²) in [6.07, 6.45) is 2.91. The molecule has 0 saturated heterocycles. The zero-order chi connectivity index (χ0) is 15.7. The number of carboxylic acids is 1. The molecule has 0 fully saturated rings. The van der Waals surface area contributed by atoms with Crippen LogP contribution in [0.4, 0.5) is 0 Å². The maximum atomic E-state index is 11.3. The molecule has 2 N–H and O–H groups in total. The summed E-state index contributed by atoms with van der Waals surface area (Å²) in [5, 5.41) is 12.4. The molecule has 0 aromatic rings. The Morgan fingerprint density at radius 3 is 2.05 bits per heavy atom. The molecule has 0 saturated carbocycles. The van der Waals surface area contributed by atoms with Crippen molar-refractivity contribution < 1.29 is 9.90 Å². The molecule has 1 unspecified atom stereocenters. The summed E-state index contributed by atoms with van der Waals surface area (Å²) < 4.78 is 0. The quantitative estimate of drug-likeness (QED) is 0.613. The maximum absolute atomic E-state index is 11.3. The molecule has 0 spiro atoms. The Labute approximate surface area is 124 Å². The highest BCUT2D eigenvalue weighted by molar-refractivity contribution is 5.73. The Hall–Kier alpha value is -0.610. The highest BCUT2D eigenvalue weighted by atomic mass is 16.4. The fourth-order valence-corrected chi connectivity index (χ4v) is 2.67. The lowest BCUT2D eigenvalue weighted by Crippen LogP contribution is -2.45. The normalized spacial score (nSPS) is 13.7. The van der Waals surface area contributed by atoms with Crippen LogP contribution >= 0.6 is 0 Å². The van der Waals surface area contributed by atoms with E-state index in [2.05, 4.69) is 37.9 Å². The van der Waals surface area contributed by atoms with E-state index in [0.717, 1.165) is 25.9 Å². The van der Waals surface area contributed by atoms with Gasteiger partial charge in [-0.15, -0.1) is 0 Å². The van der Waals surface area contributed by atoms with E-state index in [-0.39, 0.29) is 6.04 Å². The molecule has 0 heterocycles. The molecule has 0 aromatic carbocycles. The molecule has 0 aliphatic rings. The Morgan fingerprint density at radius 1 is 1.15 bits per heavy atom. The summed E-state index contributed by atoms with van der Waals surface area (Å²) in [4.78, 5) is 13.8. The van der Waals surface area contributed by atoms with Crippen molar-refractivity contribution in [2.75, 3.05) is 13.1 Å². The number of nitrogens with one attached hydrogen (secondary N) is 1. The van der Waals surface area contributed by atoms with Crippen molar-refractivity contribution in [1.82, 2.24) is 10.2 Å². The summed E-state index contributed by atoms with van der Waals surface area (Å²) >= 11 is 0. The Morgan fingerprint density at radius 2 is 1.70 bits per heavy atom. The number of hydrogen-bond donors (Lipinski definition) is 2. The number of aliphatic carboxylic acids is 1. The lowest BCUT2D eigenvalue weighted by Gasteiger charge is -2.33. The second-order valence-electron chi connectivity index (χ2n) is 6.36. The molecular formula is C16H34N2O2. The zero-order valence-electron chi connectivity index (χ0n) is 14.1. The molecule has 0 radical (unpaired) electrons. The molecule has 4 heteroatoms. The second kappa shape index (κ2) is 10.2. The topological polar surface area (TPSA) is 52.6 Å². The van der Waals surface area contributed by atoms with E-state index in [4.69, 9.17) is 0 Å². The molecule has 1 atom stereocenters. The lowest BCUT2D eigenvalue weighted by molar-refractivity contribution is -0.140. The van der Waals surface area contributed by atoms with Crippen LogP contribution in [-0.4, -0.2) is 47.2 Å². The Kier molecular flexibility index (Phi) is 9.86. The fourth-order valence-electron chi connectivity index (χ4n) is 2.67. The molecule has 4 nitrogen and oxygen atoms in total. The van der Waals surface area contributed by atoms with Crippen LogP contribution in [0.5, 0.6) is 0 Å². The van der Waals surface area contributed by atoms with Gasteiger partial charge in [-0.3, -0.25) is 4.79 Å². The minimum Gasteiger partial charge on any atom is -0.480 e. The molecule has 20 heavy (non-hydrogen) atoms. The van der Waals surface area contributed by atoms with Gasteiger partial charge in [-0.05, 0) is 25.2 Å². The van der Waals surface area contributed by atoms with E-state index in [1.165, 1.54) is 0 Å². The van der Waals surface area contributed by atoms with Gasteiger partial charge in [-0.1, -0.05) is 41.5 Å². The molecule has 0 aliphatic carbocycles. The third-order valence-electron chi connectivity index (χ3n) is 3.60. The van der Waals surface area contributed by atoms with Crippen LogP contribution in [-0.2, 0) is 4.79 Å². The van der Waals surface area contributed by atoms with Crippen LogP contribution in [0, 0.1) is 5.92 Å². The monoisotopic (exact) mass is 286 g/mol. The largest absolute Gasteiger partial charge is 0.480 e. The van der Waals surface area contributed by atoms with Gasteiger partial charge in [0.2, 0.25) is 0 Å². The van der Waals surface area contributed by atoms with Crippen molar-refractivity contribution in [2.45, 2.75) is 78.9 Å². The van der Waals surface area contributed by atoms with Crippen molar-refractivity contribution in [3.63, 3.8) is 0 Å². The number of nitrogens with zero attached hydrogens (tertiary/aromatic N) is 1. The third-order valence-corrected chi connectivity index (χ3v) is 3.60. The van der Waals surface area contributed by atoms with Gasteiger partial charge in [0.05, 0.1) is 0 Å². The molecule has 0 bridgehead atoms. The molecule has 0 aromatic heterocycles. The van der Waals surface area contributed by atoms with Crippen LogP contribution < -0.4 is 5.32 Å².